The molecule has 40 heavy (non-hydrogen) atoms. The Morgan fingerprint density at radius 3 is 1.93 bits per heavy atom. The topological polar surface area (TPSA) is 246 Å². The largest absolute Gasteiger partial charge is 0.481 e. The Morgan fingerprint density at radius 1 is 0.775 bits per heavy atom. The Morgan fingerprint density at radius 2 is 1.40 bits per heavy atom. The van der Waals surface area contributed by atoms with Gasteiger partial charge in [0.1, 0.15) is 17.8 Å². The molecule has 0 heterocycles. The minimum atomic E-state index is -2.14. The number of unbranched alkanes of at least 4 members (excludes halogenated alkanes) is 2. The monoisotopic (exact) mass is 567 g/mol. The molecule has 0 aliphatic carbocycles. The van der Waals surface area contributed by atoms with E-state index in [0.717, 1.165) is 12.8 Å². The van der Waals surface area contributed by atoms with E-state index in [-0.39, 0.29) is 12.2 Å². The van der Waals surface area contributed by atoms with E-state index >= 15 is 0 Å². The molecule has 0 aliphatic heterocycles. The first kappa shape index (κ1) is 33.3. The molecule has 2 atom stereocenters. The summed E-state index contributed by atoms with van der Waals surface area (Å²) in [4.78, 5) is 81.9. The number of carbonyl (C=O) groups excluding carboxylic acids is 3. The Kier molecular flexibility index (Phi) is 14.2. The molecule has 0 saturated carbocycles. The third-order valence-corrected chi connectivity index (χ3v) is 5.37. The Labute approximate surface area is 228 Å². The van der Waals surface area contributed by atoms with Crippen molar-refractivity contribution in [1.29, 1.82) is 0 Å². The van der Waals surface area contributed by atoms with Crippen LogP contribution in [-0.4, -0.2) is 86.8 Å². The van der Waals surface area contributed by atoms with Gasteiger partial charge in [0.2, 0.25) is 17.7 Å². The van der Waals surface area contributed by atoms with Crippen LogP contribution in [-0.2, 0) is 40.0 Å². The van der Waals surface area contributed by atoms with Gasteiger partial charge in [0, 0.05) is 19.4 Å². The molecule has 0 radical (unpaired) electrons. The van der Waals surface area contributed by atoms with Crippen molar-refractivity contribution in [2.45, 2.75) is 70.1 Å². The summed E-state index contributed by atoms with van der Waals surface area (Å²) in [5.74, 6) is -8.59. The Hall–Kier alpha value is -4.69. The average Bonchev–Trinajstić information content (AvgIpc) is 2.87. The third-order valence-electron chi connectivity index (χ3n) is 5.37. The van der Waals surface area contributed by atoms with Crippen LogP contribution in [0.15, 0.2) is 24.3 Å². The zero-order chi connectivity index (χ0) is 30.2. The standard InChI is InChI=1S/C25H33N3O12/c1-2-3-4-11-26-22(34)16(12-14-5-7-15(8-6-14)40-21(24(36)37)25(38)39)28-23(35)17(13-20(32)33)27-18(29)9-10-19(30)31/h5-8,16-17,21H,2-4,9-13H2,1H3,(H,26,34)(H,27,29)(H,28,35)(H,30,31)(H,32,33)(H,36,37)(H,38,39)/t16?,17-/m0/s1. The van der Waals surface area contributed by atoms with Gasteiger partial charge in [-0.25, -0.2) is 9.59 Å². The highest BCUT2D eigenvalue weighted by molar-refractivity contribution is 5.96. The number of amides is 3. The molecule has 7 N–H and O–H groups in total. The zero-order valence-corrected chi connectivity index (χ0v) is 21.8. The highest BCUT2D eigenvalue weighted by Gasteiger charge is 2.30. The lowest BCUT2D eigenvalue weighted by molar-refractivity contribution is -0.159. The summed E-state index contributed by atoms with van der Waals surface area (Å²) >= 11 is 0. The summed E-state index contributed by atoms with van der Waals surface area (Å²) in [6.45, 7) is 2.28. The first-order valence-corrected chi connectivity index (χ1v) is 12.4. The van der Waals surface area contributed by atoms with Gasteiger partial charge in [-0.2, -0.15) is 0 Å². The van der Waals surface area contributed by atoms with Gasteiger partial charge in [0.15, 0.2) is 0 Å². The maximum atomic E-state index is 12.9. The molecular formula is C25H33N3O12. The number of carboxylic acids is 4. The number of nitrogens with one attached hydrogen (secondary N) is 3. The molecule has 15 heteroatoms. The molecule has 220 valence electrons. The van der Waals surface area contributed by atoms with Gasteiger partial charge in [-0.15, -0.1) is 0 Å². The second-order valence-electron chi connectivity index (χ2n) is 8.69. The van der Waals surface area contributed by atoms with E-state index in [0.29, 0.717) is 18.5 Å². The van der Waals surface area contributed by atoms with Crippen molar-refractivity contribution < 1.29 is 58.7 Å². The fourth-order valence-corrected chi connectivity index (χ4v) is 3.34. The van der Waals surface area contributed by atoms with Gasteiger partial charge in [-0.1, -0.05) is 31.9 Å². The van der Waals surface area contributed by atoms with Crippen molar-refractivity contribution >= 4 is 41.6 Å². The van der Waals surface area contributed by atoms with Crippen molar-refractivity contribution in [2.75, 3.05) is 6.54 Å². The van der Waals surface area contributed by atoms with Gasteiger partial charge in [0.05, 0.1) is 12.8 Å². The molecule has 0 aromatic heterocycles. The minimum Gasteiger partial charge on any atom is -0.481 e. The lowest BCUT2D eigenvalue weighted by Crippen LogP contribution is -2.55. The van der Waals surface area contributed by atoms with Crippen molar-refractivity contribution in [3.63, 3.8) is 0 Å². The number of rotatable bonds is 19. The van der Waals surface area contributed by atoms with Crippen LogP contribution < -0.4 is 20.7 Å². The summed E-state index contributed by atoms with van der Waals surface area (Å²) in [5, 5.41) is 43.1. The molecule has 0 bridgehead atoms. The fraction of sp³-hybridized carbons (Fsp3) is 0.480. The van der Waals surface area contributed by atoms with Crippen LogP contribution in [0.3, 0.4) is 0 Å². The lowest BCUT2D eigenvalue weighted by Gasteiger charge is -2.23. The predicted octanol–water partition coefficient (Wildman–Crippen LogP) is -0.239. The van der Waals surface area contributed by atoms with E-state index in [1.165, 1.54) is 24.3 Å². The molecule has 1 unspecified atom stereocenters. The molecule has 1 rings (SSSR count). The average molecular weight is 568 g/mol. The molecule has 0 spiro atoms. The zero-order valence-electron chi connectivity index (χ0n) is 21.8. The number of ether oxygens (including phenoxy) is 1. The molecule has 15 nitrogen and oxygen atoms in total. The van der Waals surface area contributed by atoms with Gasteiger partial charge in [-0.3, -0.25) is 24.0 Å². The molecule has 1 aromatic carbocycles. The SMILES string of the molecule is CCCCCNC(=O)C(Cc1ccc(OC(C(=O)O)C(=O)O)cc1)NC(=O)[C@H](CC(=O)O)NC(=O)CCC(=O)O. The summed E-state index contributed by atoms with van der Waals surface area (Å²) in [7, 11) is 0. The molecule has 3 amide bonds. The number of carboxylic acid groups (broad SMARTS) is 4. The van der Waals surface area contributed by atoms with Crippen molar-refractivity contribution in [3.05, 3.63) is 29.8 Å². The van der Waals surface area contributed by atoms with Crippen LogP contribution >= 0.6 is 0 Å². The van der Waals surface area contributed by atoms with E-state index in [1.807, 2.05) is 6.92 Å². The first-order chi connectivity index (χ1) is 18.8. The fourth-order valence-electron chi connectivity index (χ4n) is 3.34. The second kappa shape index (κ2) is 17.0. The number of carbonyl (C=O) groups is 7. The lowest BCUT2D eigenvalue weighted by atomic mass is 10.0. The molecule has 0 fully saturated rings. The van der Waals surface area contributed by atoms with E-state index in [9.17, 15) is 38.7 Å². The second-order valence-corrected chi connectivity index (χ2v) is 8.69. The van der Waals surface area contributed by atoms with Crippen molar-refractivity contribution in [1.82, 2.24) is 16.0 Å². The maximum absolute atomic E-state index is 12.9. The molecular weight excluding hydrogens is 534 g/mol. The molecule has 0 saturated heterocycles. The van der Waals surface area contributed by atoms with E-state index < -0.39 is 79.0 Å². The predicted molar refractivity (Wildman–Crippen MR) is 135 cm³/mol. The quantitative estimate of drug-likeness (QED) is 0.0845. The molecule has 1 aromatic rings. The number of hydrogen-bond donors (Lipinski definition) is 7. The van der Waals surface area contributed by atoms with Gasteiger partial charge < -0.3 is 41.1 Å². The summed E-state index contributed by atoms with van der Waals surface area (Å²) in [5.41, 5.74) is 0.448. The summed E-state index contributed by atoms with van der Waals surface area (Å²) in [6, 6.07) is 2.58. The normalized spacial score (nSPS) is 12.1. The van der Waals surface area contributed by atoms with E-state index in [2.05, 4.69) is 16.0 Å². The van der Waals surface area contributed by atoms with Gasteiger partial charge in [0.25, 0.3) is 6.10 Å². The van der Waals surface area contributed by atoms with Crippen LogP contribution in [0.1, 0.15) is 51.0 Å². The highest BCUT2D eigenvalue weighted by Crippen LogP contribution is 2.16. The molecule has 0 aliphatic rings. The number of hydrogen-bond acceptors (Lipinski definition) is 8. The van der Waals surface area contributed by atoms with Crippen LogP contribution in [0.5, 0.6) is 5.75 Å². The smallest absolute Gasteiger partial charge is 0.356 e. The first-order valence-electron chi connectivity index (χ1n) is 12.4. The Balaban J connectivity index is 3.07. The number of aliphatic carboxylic acids is 4. The maximum Gasteiger partial charge on any atom is 0.356 e. The van der Waals surface area contributed by atoms with Crippen LogP contribution in [0.2, 0.25) is 0 Å². The van der Waals surface area contributed by atoms with E-state index in [4.69, 9.17) is 20.1 Å². The van der Waals surface area contributed by atoms with Gasteiger partial charge in [-0.05, 0) is 24.1 Å². The number of benzene rings is 1. The highest BCUT2D eigenvalue weighted by atomic mass is 16.5. The van der Waals surface area contributed by atoms with Crippen LogP contribution in [0.25, 0.3) is 0 Å². The van der Waals surface area contributed by atoms with Crippen molar-refractivity contribution in [3.8, 4) is 5.75 Å². The van der Waals surface area contributed by atoms with Crippen LogP contribution in [0.4, 0.5) is 0 Å². The van der Waals surface area contributed by atoms with Gasteiger partial charge >= 0.3 is 23.9 Å². The summed E-state index contributed by atoms with van der Waals surface area (Å²) < 4.78 is 4.94. The minimum absolute atomic E-state index is 0.0752. The summed E-state index contributed by atoms with van der Waals surface area (Å²) in [6.07, 6.45) is -1.68. The van der Waals surface area contributed by atoms with Crippen LogP contribution in [0, 0.1) is 0 Å². The van der Waals surface area contributed by atoms with Crippen molar-refractivity contribution in [2.24, 2.45) is 0 Å². The van der Waals surface area contributed by atoms with E-state index in [1.54, 1.807) is 0 Å². The Bertz CT molecular complexity index is 1060. The third kappa shape index (κ3) is 12.7.